The summed E-state index contributed by atoms with van der Waals surface area (Å²) in [7, 11) is 2.30. The minimum Gasteiger partial charge on any atom is -0.316 e. The molecule has 0 aliphatic heterocycles. The molecular formula is C25H46N2. The van der Waals surface area contributed by atoms with Crippen molar-refractivity contribution in [2.24, 2.45) is 5.92 Å². The smallest absolute Gasteiger partial charge is 0.00189 e. The molecule has 0 radical (unpaired) electrons. The average Bonchev–Trinajstić information content (AvgIpc) is 2.69. The molecule has 0 fully saturated rings. The normalized spacial score (nSPS) is 12.6. The summed E-state index contributed by atoms with van der Waals surface area (Å²) in [5.74, 6) is 0.870. The third-order valence-corrected chi connectivity index (χ3v) is 5.72. The first kappa shape index (κ1) is 24.2. The van der Waals surface area contributed by atoms with Crippen LogP contribution in [-0.4, -0.2) is 38.1 Å². The van der Waals surface area contributed by atoms with Crippen LogP contribution in [0.2, 0.25) is 0 Å². The number of likely N-dealkylation sites (N-methyl/N-ethyl adjacent to an activating group) is 1. The zero-order valence-electron chi connectivity index (χ0n) is 18.7. The van der Waals surface area contributed by atoms with Crippen molar-refractivity contribution in [1.29, 1.82) is 0 Å². The van der Waals surface area contributed by atoms with Gasteiger partial charge in [0.15, 0.2) is 0 Å². The van der Waals surface area contributed by atoms with Gasteiger partial charge in [0.1, 0.15) is 0 Å². The molecule has 2 nitrogen and oxygen atoms in total. The molecule has 0 saturated carbocycles. The molecule has 0 heterocycles. The van der Waals surface area contributed by atoms with E-state index in [0.717, 1.165) is 31.8 Å². The molecule has 1 atom stereocenters. The topological polar surface area (TPSA) is 15.3 Å². The second-order valence-corrected chi connectivity index (χ2v) is 8.31. The van der Waals surface area contributed by atoms with Gasteiger partial charge in [0.05, 0.1) is 0 Å². The maximum absolute atomic E-state index is 3.53. The van der Waals surface area contributed by atoms with Crippen molar-refractivity contribution in [3.8, 4) is 0 Å². The van der Waals surface area contributed by atoms with Crippen molar-refractivity contribution in [2.75, 3.05) is 33.2 Å². The summed E-state index contributed by atoms with van der Waals surface area (Å²) in [4.78, 5) is 2.54. The van der Waals surface area contributed by atoms with Crippen LogP contribution in [0.3, 0.4) is 0 Å². The molecule has 0 spiro atoms. The van der Waals surface area contributed by atoms with Gasteiger partial charge in [0.25, 0.3) is 0 Å². The molecule has 1 aromatic rings. The number of nitrogens with one attached hydrogen (secondary N) is 1. The third-order valence-electron chi connectivity index (χ3n) is 5.72. The molecule has 0 bridgehead atoms. The maximum atomic E-state index is 3.53. The molecule has 1 unspecified atom stereocenters. The fourth-order valence-corrected chi connectivity index (χ4v) is 3.67. The SMILES string of the molecule is CCCCCCC(CC)CN(C)CCc1ccc(CCNCCCC)cc1. The fraction of sp³-hybridized carbons (Fsp3) is 0.760. The lowest BCUT2D eigenvalue weighted by Gasteiger charge is -2.23. The van der Waals surface area contributed by atoms with Crippen LogP contribution in [0.5, 0.6) is 0 Å². The van der Waals surface area contributed by atoms with Crippen LogP contribution in [0.15, 0.2) is 24.3 Å². The molecule has 0 aromatic heterocycles. The van der Waals surface area contributed by atoms with Gasteiger partial charge in [-0.15, -0.1) is 0 Å². The number of nitrogens with zero attached hydrogens (tertiary/aromatic N) is 1. The fourth-order valence-electron chi connectivity index (χ4n) is 3.67. The Labute approximate surface area is 170 Å². The van der Waals surface area contributed by atoms with Crippen LogP contribution in [0.25, 0.3) is 0 Å². The van der Waals surface area contributed by atoms with Gasteiger partial charge in [0.2, 0.25) is 0 Å². The van der Waals surface area contributed by atoms with Crippen LogP contribution in [0.1, 0.15) is 83.3 Å². The van der Waals surface area contributed by atoms with E-state index in [1.807, 2.05) is 0 Å². The molecule has 0 aliphatic rings. The Morgan fingerprint density at radius 3 is 2.11 bits per heavy atom. The number of unbranched alkanes of at least 4 members (excludes halogenated alkanes) is 4. The van der Waals surface area contributed by atoms with Gasteiger partial charge in [-0.2, -0.15) is 0 Å². The second-order valence-electron chi connectivity index (χ2n) is 8.31. The van der Waals surface area contributed by atoms with Gasteiger partial charge in [0, 0.05) is 13.1 Å². The Balaban J connectivity index is 2.23. The zero-order chi connectivity index (χ0) is 19.7. The van der Waals surface area contributed by atoms with E-state index in [-0.39, 0.29) is 0 Å². The van der Waals surface area contributed by atoms with E-state index in [2.05, 4.69) is 62.3 Å². The summed E-state index contributed by atoms with van der Waals surface area (Å²) in [5.41, 5.74) is 2.93. The van der Waals surface area contributed by atoms with Crippen molar-refractivity contribution in [2.45, 2.75) is 85.0 Å². The Bertz CT molecular complexity index is 440. The molecule has 1 aromatic carbocycles. The van der Waals surface area contributed by atoms with Crippen LogP contribution in [0.4, 0.5) is 0 Å². The highest BCUT2D eigenvalue weighted by molar-refractivity contribution is 5.23. The molecule has 156 valence electrons. The summed E-state index contributed by atoms with van der Waals surface area (Å²) in [5, 5.41) is 3.53. The Hall–Kier alpha value is -0.860. The number of benzene rings is 1. The molecule has 1 rings (SSSR count). The minimum absolute atomic E-state index is 0.870. The lowest BCUT2D eigenvalue weighted by Crippen LogP contribution is -2.27. The van der Waals surface area contributed by atoms with E-state index in [1.165, 1.54) is 75.6 Å². The summed E-state index contributed by atoms with van der Waals surface area (Å²) in [6.07, 6.45) is 13.1. The molecule has 27 heavy (non-hydrogen) atoms. The predicted octanol–water partition coefficient (Wildman–Crippen LogP) is 6.09. The average molecular weight is 375 g/mol. The second kappa shape index (κ2) is 16.1. The van der Waals surface area contributed by atoms with Gasteiger partial charge in [-0.3, -0.25) is 0 Å². The monoisotopic (exact) mass is 374 g/mol. The highest BCUT2D eigenvalue weighted by Gasteiger charge is 2.09. The minimum atomic E-state index is 0.870. The number of hydrogen-bond acceptors (Lipinski definition) is 2. The van der Waals surface area contributed by atoms with E-state index in [0.29, 0.717) is 0 Å². The Morgan fingerprint density at radius 1 is 0.815 bits per heavy atom. The van der Waals surface area contributed by atoms with Crippen LogP contribution in [-0.2, 0) is 12.8 Å². The summed E-state index contributed by atoms with van der Waals surface area (Å²) in [6.45, 7) is 11.6. The van der Waals surface area contributed by atoms with Crippen LogP contribution in [0, 0.1) is 5.92 Å². The molecule has 0 amide bonds. The first-order valence-electron chi connectivity index (χ1n) is 11.7. The number of rotatable bonds is 17. The zero-order valence-corrected chi connectivity index (χ0v) is 18.7. The van der Waals surface area contributed by atoms with Gasteiger partial charge in [-0.1, -0.05) is 83.6 Å². The highest BCUT2D eigenvalue weighted by atomic mass is 15.1. The van der Waals surface area contributed by atoms with Crippen LogP contribution >= 0.6 is 0 Å². The Morgan fingerprint density at radius 2 is 1.48 bits per heavy atom. The molecule has 0 saturated heterocycles. The lowest BCUT2D eigenvalue weighted by atomic mass is 9.97. The third kappa shape index (κ3) is 12.3. The standard InChI is InChI=1S/C25H46N2/c1-5-8-10-11-12-23(7-3)22-27(4)21-18-25-15-13-24(14-16-25)17-20-26-19-9-6-2/h13-16,23,26H,5-12,17-22H2,1-4H3. The summed E-state index contributed by atoms with van der Waals surface area (Å²) >= 11 is 0. The van der Waals surface area contributed by atoms with Gasteiger partial charge in [-0.25, -0.2) is 0 Å². The van der Waals surface area contributed by atoms with Crippen molar-refractivity contribution >= 4 is 0 Å². The largest absolute Gasteiger partial charge is 0.316 e. The van der Waals surface area contributed by atoms with E-state index in [1.54, 1.807) is 0 Å². The Kier molecular flexibility index (Phi) is 14.4. The molecule has 0 aliphatic carbocycles. The highest BCUT2D eigenvalue weighted by Crippen LogP contribution is 2.16. The van der Waals surface area contributed by atoms with Gasteiger partial charge < -0.3 is 10.2 Å². The lowest BCUT2D eigenvalue weighted by molar-refractivity contribution is 0.261. The molecule has 2 heteroatoms. The van der Waals surface area contributed by atoms with E-state index >= 15 is 0 Å². The van der Waals surface area contributed by atoms with Gasteiger partial charge >= 0.3 is 0 Å². The quantitative estimate of drug-likeness (QED) is 0.332. The van der Waals surface area contributed by atoms with Crippen molar-refractivity contribution in [1.82, 2.24) is 10.2 Å². The summed E-state index contributed by atoms with van der Waals surface area (Å²) < 4.78 is 0. The summed E-state index contributed by atoms with van der Waals surface area (Å²) in [6, 6.07) is 9.30. The van der Waals surface area contributed by atoms with Crippen LogP contribution < -0.4 is 5.32 Å². The first-order chi connectivity index (χ1) is 13.2. The number of hydrogen-bond donors (Lipinski definition) is 1. The maximum Gasteiger partial charge on any atom is 0.00189 e. The van der Waals surface area contributed by atoms with E-state index in [4.69, 9.17) is 0 Å². The molecule has 1 N–H and O–H groups in total. The van der Waals surface area contributed by atoms with Crippen molar-refractivity contribution in [3.63, 3.8) is 0 Å². The first-order valence-corrected chi connectivity index (χ1v) is 11.7. The van der Waals surface area contributed by atoms with Gasteiger partial charge in [-0.05, 0) is 62.9 Å². The molecular weight excluding hydrogens is 328 g/mol. The van der Waals surface area contributed by atoms with E-state index in [9.17, 15) is 0 Å². The van der Waals surface area contributed by atoms with Crippen molar-refractivity contribution < 1.29 is 0 Å². The van der Waals surface area contributed by atoms with E-state index < -0.39 is 0 Å². The van der Waals surface area contributed by atoms with Crippen molar-refractivity contribution in [3.05, 3.63) is 35.4 Å². The predicted molar refractivity (Wildman–Crippen MR) is 122 cm³/mol.